The first kappa shape index (κ1) is 27.2. The first-order valence-electron chi connectivity index (χ1n) is 12.8. The molecule has 8 heteroatoms. The number of benzene rings is 1. The van der Waals surface area contributed by atoms with Crippen molar-refractivity contribution in [2.24, 2.45) is 5.92 Å². The Bertz CT molecular complexity index is 1000. The monoisotopic (exact) mass is 501 g/mol. The summed E-state index contributed by atoms with van der Waals surface area (Å²) in [5.41, 5.74) is 2.33. The molecule has 35 heavy (non-hydrogen) atoms. The van der Waals surface area contributed by atoms with Gasteiger partial charge in [-0.1, -0.05) is 38.4 Å². The Morgan fingerprint density at radius 1 is 1.06 bits per heavy atom. The summed E-state index contributed by atoms with van der Waals surface area (Å²) in [7, 11) is 0. The maximum atomic E-state index is 13.8. The highest BCUT2D eigenvalue weighted by molar-refractivity contribution is 6.31. The van der Waals surface area contributed by atoms with Gasteiger partial charge in [-0.05, 0) is 56.4 Å². The van der Waals surface area contributed by atoms with Gasteiger partial charge in [0, 0.05) is 63.0 Å². The number of carbonyl (C=O) groups excluding carboxylic acids is 2. The molecule has 7 nitrogen and oxygen atoms in total. The lowest BCUT2D eigenvalue weighted by Gasteiger charge is -2.30. The highest BCUT2D eigenvalue weighted by atomic mass is 35.5. The zero-order valence-electron chi connectivity index (χ0n) is 21.8. The topological polar surface area (TPSA) is 61.7 Å². The molecule has 1 aromatic carbocycles. The number of aromatic nitrogens is 2. The van der Waals surface area contributed by atoms with Crippen LogP contribution in [-0.4, -0.2) is 63.6 Å². The second-order valence-electron chi connectivity index (χ2n) is 10.1. The van der Waals surface area contributed by atoms with Gasteiger partial charge in [-0.15, -0.1) is 0 Å². The van der Waals surface area contributed by atoms with E-state index in [9.17, 15) is 9.59 Å². The molecule has 3 rings (SSSR count). The number of anilines is 1. The van der Waals surface area contributed by atoms with Gasteiger partial charge in [-0.25, -0.2) is 0 Å². The Kier molecular flexibility index (Phi) is 9.75. The van der Waals surface area contributed by atoms with Crippen molar-refractivity contribution in [3.05, 3.63) is 46.7 Å². The summed E-state index contributed by atoms with van der Waals surface area (Å²) in [5, 5.41) is 4.95. The van der Waals surface area contributed by atoms with Gasteiger partial charge in [-0.3, -0.25) is 19.2 Å². The second kappa shape index (κ2) is 12.5. The van der Waals surface area contributed by atoms with E-state index < -0.39 is 0 Å². The van der Waals surface area contributed by atoms with Crippen molar-refractivity contribution in [2.75, 3.05) is 31.1 Å². The number of fused-ring (bicyclic) bond motifs is 1. The van der Waals surface area contributed by atoms with E-state index in [1.165, 1.54) is 0 Å². The molecule has 0 unspecified atom stereocenters. The molecule has 0 saturated carbocycles. The van der Waals surface area contributed by atoms with Crippen LogP contribution in [0.4, 0.5) is 5.69 Å². The third-order valence-corrected chi connectivity index (χ3v) is 6.69. The molecule has 0 atom stereocenters. The van der Waals surface area contributed by atoms with Crippen LogP contribution in [0.5, 0.6) is 0 Å². The smallest absolute Gasteiger partial charge is 0.272 e. The number of amides is 2. The lowest BCUT2D eigenvalue weighted by molar-refractivity contribution is -0.119. The molecular formula is C27H40ClN5O2. The van der Waals surface area contributed by atoms with Gasteiger partial charge in [0.05, 0.1) is 5.69 Å². The second-order valence-corrected chi connectivity index (χ2v) is 10.5. The Labute approximate surface area is 215 Å². The molecule has 0 fully saturated rings. The van der Waals surface area contributed by atoms with E-state index in [-0.39, 0.29) is 17.7 Å². The minimum absolute atomic E-state index is 0.0418. The summed E-state index contributed by atoms with van der Waals surface area (Å²) in [5.74, 6) is 0.310. The average molecular weight is 502 g/mol. The van der Waals surface area contributed by atoms with Crippen molar-refractivity contribution in [1.82, 2.24) is 19.6 Å². The van der Waals surface area contributed by atoms with E-state index in [0.717, 1.165) is 37.2 Å². The molecule has 2 amide bonds. The van der Waals surface area contributed by atoms with Gasteiger partial charge in [0.25, 0.3) is 5.91 Å². The van der Waals surface area contributed by atoms with Gasteiger partial charge >= 0.3 is 0 Å². The molecule has 0 saturated heterocycles. The van der Waals surface area contributed by atoms with E-state index in [1.807, 2.05) is 28.0 Å². The van der Waals surface area contributed by atoms with Gasteiger partial charge < -0.3 is 9.80 Å². The summed E-state index contributed by atoms with van der Waals surface area (Å²) >= 11 is 6.41. The standard InChI is InChI=1S/C27H40ClN5O2/c1-6-12-33-24(10-11-29-33)27(35)31-16-15-30(21(4)5)13-7-14-32(26(34)17-20(2)3)25-18-23(28)9-8-22(25)19-31/h8-11,18,20-21H,6-7,12-17,19H2,1-5H3. The van der Waals surface area contributed by atoms with Crippen molar-refractivity contribution < 1.29 is 9.59 Å². The summed E-state index contributed by atoms with van der Waals surface area (Å²) < 4.78 is 1.79. The van der Waals surface area contributed by atoms with E-state index in [4.69, 9.17) is 11.6 Å². The maximum absolute atomic E-state index is 13.8. The fourth-order valence-corrected chi connectivity index (χ4v) is 4.76. The molecule has 1 aliphatic heterocycles. The van der Waals surface area contributed by atoms with Crippen LogP contribution >= 0.6 is 11.6 Å². The maximum Gasteiger partial charge on any atom is 0.272 e. The SMILES string of the molecule is CCCn1nccc1C(=O)N1CCN(C(C)C)CCCN(C(=O)CC(C)C)c2cc(Cl)ccc2C1. The fraction of sp³-hybridized carbons (Fsp3) is 0.593. The number of rotatable bonds is 6. The first-order valence-corrected chi connectivity index (χ1v) is 13.2. The van der Waals surface area contributed by atoms with Crippen LogP contribution in [-0.2, 0) is 17.9 Å². The molecule has 0 aliphatic carbocycles. The van der Waals surface area contributed by atoms with E-state index in [1.54, 1.807) is 16.9 Å². The van der Waals surface area contributed by atoms with E-state index >= 15 is 0 Å². The van der Waals surface area contributed by atoms with Crippen molar-refractivity contribution in [3.8, 4) is 0 Å². The molecule has 192 valence electrons. The largest absolute Gasteiger partial charge is 0.332 e. The lowest BCUT2D eigenvalue weighted by atomic mass is 10.1. The number of nitrogens with zero attached hydrogens (tertiary/aromatic N) is 5. The molecule has 0 spiro atoms. The summed E-state index contributed by atoms with van der Waals surface area (Å²) in [6.07, 6.45) is 3.91. The average Bonchev–Trinajstić information content (AvgIpc) is 3.24. The van der Waals surface area contributed by atoms with Gasteiger partial charge in [-0.2, -0.15) is 5.10 Å². The molecule has 1 aliphatic rings. The number of hydrogen-bond acceptors (Lipinski definition) is 4. The van der Waals surface area contributed by atoms with Crippen LogP contribution in [0.2, 0.25) is 5.02 Å². The van der Waals surface area contributed by atoms with Crippen LogP contribution in [0.25, 0.3) is 0 Å². The van der Waals surface area contributed by atoms with Crippen LogP contribution in [0, 0.1) is 5.92 Å². The number of hydrogen-bond donors (Lipinski definition) is 0. The van der Waals surface area contributed by atoms with Crippen LogP contribution in [0.3, 0.4) is 0 Å². The minimum atomic E-state index is -0.0418. The molecule has 2 heterocycles. The summed E-state index contributed by atoms with van der Waals surface area (Å²) in [6, 6.07) is 7.81. The number of aryl methyl sites for hydroxylation is 1. The Balaban J connectivity index is 2.03. The van der Waals surface area contributed by atoms with Gasteiger partial charge in [0.1, 0.15) is 5.69 Å². The van der Waals surface area contributed by atoms with Crippen molar-refractivity contribution in [2.45, 2.75) is 73.0 Å². The van der Waals surface area contributed by atoms with E-state index in [2.05, 4.69) is 44.6 Å². The highest BCUT2D eigenvalue weighted by Crippen LogP contribution is 2.29. The minimum Gasteiger partial charge on any atom is -0.332 e. The number of halogens is 1. The quantitative estimate of drug-likeness (QED) is 0.553. The molecule has 0 N–H and O–H groups in total. The summed E-state index contributed by atoms with van der Waals surface area (Å²) in [6.45, 7) is 14.5. The van der Waals surface area contributed by atoms with Crippen LogP contribution in [0.1, 0.15) is 69.9 Å². The van der Waals surface area contributed by atoms with Crippen LogP contribution in [0.15, 0.2) is 30.5 Å². The van der Waals surface area contributed by atoms with Crippen molar-refractivity contribution >= 4 is 29.1 Å². The zero-order chi connectivity index (χ0) is 25.5. The highest BCUT2D eigenvalue weighted by Gasteiger charge is 2.26. The third-order valence-electron chi connectivity index (χ3n) is 6.46. The van der Waals surface area contributed by atoms with Crippen molar-refractivity contribution in [3.63, 3.8) is 0 Å². The predicted molar refractivity (Wildman–Crippen MR) is 142 cm³/mol. The van der Waals surface area contributed by atoms with E-state index in [0.29, 0.717) is 49.4 Å². The Morgan fingerprint density at radius 3 is 2.51 bits per heavy atom. The molecule has 0 bridgehead atoms. The molecule has 2 aromatic rings. The predicted octanol–water partition coefficient (Wildman–Crippen LogP) is 5.08. The van der Waals surface area contributed by atoms with Crippen molar-refractivity contribution in [1.29, 1.82) is 0 Å². The van der Waals surface area contributed by atoms with Crippen LogP contribution < -0.4 is 4.90 Å². The number of carbonyl (C=O) groups is 2. The Hall–Kier alpha value is -2.38. The summed E-state index contributed by atoms with van der Waals surface area (Å²) in [4.78, 5) is 33.3. The Morgan fingerprint density at radius 2 is 1.83 bits per heavy atom. The normalized spacial score (nSPS) is 15.9. The fourth-order valence-electron chi connectivity index (χ4n) is 4.59. The van der Waals surface area contributed by atoms with Gasteiger partial charge in [0.2, 0.25) is 5.91 Å². The molecule has 1 aromatic heterocycles. The third kappa shape index (κ3) is 7.07. The lowest BCUT2D eigenvalue weighted by Crippen LogP contribution is -2.42. The molecular weight excluding hydrogens is 462 g/mol. The van der Waals surface area contributed by atoms with Gasteiger partial charge in [0.15, 0.2) is 0 Å². The zero-order valence-corrected chi connectivity index (χ0v) is 22.6. The first-order chi connectivity index (χ1) is 16.7. The molecule has 0 radical (unpaired) electrons.